The van der Waals surface area contributed by atoms with Crippen molar-refractivity contribution in [1.29, 1.82) is 0 Å². The van der Waals surface area contributed by atoms with Crippen molar-refractivity contribution in [3.8, 4) is 5.75 Å². The van der Waals surface area contributed by atoms with E-state index in [0.29, 0.717) is 17.7 Å². The first-order chi connectivity index (χ1) is 12.6. The third-order valence-electron chi connectivity index (χ3n) is 3.86. The number of ether oxygens (including phenoxy) is 2. The first-order valence-electron chi connectivity index (χ1n) is 8.79. The normalized spacial score (nSPS) is 10.4. The van der Waals surface area contributed by atoms with Crippen LogP contribution in [0, 0.1) is 0 Å². The molecule has 0 saturated heterocycles. The molecule has 4 nitrogen and oxygen atoms in total. The van der Waals surface area contributed by atoms with E-state index in [1.54, 1.807) is 48.5 Å². The van der Waals surface area contributed by atoms with Crippen LogP contribution in [0.5, 0.6) is 5.75 Å². The average molecular weight is 419 g/mol. The van der Waals surface area contributed by atoms with Gasteiger partial charge in [-0.15, -0.1) is 0 Å². The number of rotatable bonds is 10. The summed E-state index contributed by atoms with van der Waals surface area (Å²) < 4.78 is 11.6. The summed E-state index contributed by atoms with van der Waals surface area (Å²) in [5, 5.41) is 0. The topological polar surface area (TPSA) is 52.6 Å². The molecule has 0 saturated carbocycles. The number of esters is 1. The monoisotopic (exact) mass is 418 g/mol. The van der Waals surface area contributed by atoms with Gasteiger partial charge in [-0.3, -0.25) is 4.79 Å². The second-order valence-electron chi connectivity index (χ2n) is 5.94. The maximum atomic E-state index is 12.1. The molecule has 138 valence electrons. The lowest BCUT2D eigenvalue weighted by Crippen LogP contribution is -2.14. The van der Waals surface area contributed by atoms with E-state index in [2.05, 4.69) is 22.9 Å². The molecular weight excluding hydrogens is 396 g/mol. The van der Waals surface area contributed by atoms with Gasteiger partial charge in [0.05, 0.1) is 12.2 Å². The number of unbranched alkanes of at least 4 members (excludes halogenated alkanes) is 3. The SMILES string of the molecule is CCCCCCOc1ccc(C(=O)OCC(=O)c2ccc(Br)cc2)cc1. The maximum absolute atomic E-state index is 12.1. The molecule has 0 atom stereocenters. The zero-order valence-electron chi connectivity index (χ0n) is 14.9. The van der Waals surface area contributed by atoms with Crippen LogP contribution in [0.2, 0.25) is 0 Å². The molecule has 26 heavy (non-hydrogen) atoms. The van der Waals surface area contributed by atoms with Crippen LogP contribution < -0.4 is 4.74 Å². The van der Waals surface area contributed by atoms with Crippen molar-refractivity contribution in [3.63, 3.8) is 0 Å². The fraction of sp³-hybridized carbons (Fsp3) is 0.333. The molecule has 0 N–H and O–H groups in total. The van der Waals surface area contributed by atoms with Crippen LogP contribution in [-0.4, -0.2) is 25.0 Å². The Balaban J connectivity index is 1.78. The Bertz CT molecular complexity index is 708. The number of carbonyl (C=O) groups excluding carboxylic acids is 2. The van der Waals surface area contributed by atoms with E-state index in [-0.39, 0.29) is 12.4 Å². The number of benzene rings is 2. The minimum absolute atomic E-state index is 0.238. The van der Waals surface area contributed by atoms with Crippen molar-refractivity contribution < 1.29 is 19.1 Å². The molecule has 2 aromatic carbocycles. The van der Waals surface area contributed by atoms with Crippen LogP contribution in [0.3, 0.4) is 0 Å². The molecule has 5 heteroatoms. The Labute approximate surface area is 162 Å². The summed E-state index contributed by atoms with van der Waals surface area (Å²) >= 11 is 3.31. The van der Waals surface area contributed by atoms with Gasteiger partial charge in [0.2, 0.25) is 0 Å². The lowest BCUT2D eigenvalue weighted by atomic mass is 10.1. The summed E-state index contributed by atoms with van der Waals surface area (Å²) in [6.07, 6.45) is 4.59. The van der Waals surface area contributed by atoms with Gasteiger partial charge in [0.1, 0.15) is 5.75 Å². The van der Waals surface area contributed by atoms with E-state index in [1.807, 2.05) is 0 Å². The van der Waals surface area contributed by atoms with E-state index < -0.39 is 5.97 Å². The summed E-state index contributed by atoms with van der Waals surface area (Å²) in [5.41, 5.74) is 0.903. The second-order valence-corrected chi connectivity index (χ2v) is 6.86. The predicted molar refractivity (Wildman–Crippen MR) is 105 cm³/mol. The highest BCUT2D eigenvalue weighted by Gasteiger charge is 2.12. The summed E-state index contributed by atoms with van der Waals surface area (Å²) in [6, 6.07) is 13.7. The summed E-state index contributed by atoms with van der Waals surface area (Å²) in [6.45, 7) is 2.56. The largest absolute Gasteiger partial charge is 0.494 e. The van der Waals surface area contributed by atoms with Gasteiger partial charge >= 0.3 is 5.97 Å². The zero-order chi connectivity index (χ0) is 18.8. The second kappa shape index (κ2) is 10.8. The molecule has 0 heterocycles. The molecule has 2 rings (SSSR count). The number of hydrogen-bond acceptors (Lipinski definition) is 4. The lowest BCUT2D eigenvalue weighted by molar-refractivity contribution is 0.0474. The van der Waals surface area contributed by atoms with E-state index in [9.17, 15) is 9.59 Å². The van der Waals surface area contributed by atoms with Gasteiger partial charge in [-0.2, -0.15) is 0 Å². The molecule has 0 aliphatic carbocycles. The van der Waals surface area contributed by atoms with Crippen molar-refractivity contribution in [3.05, 3.63) is 64.1 Å². The van der Waals surface area contributed by atoms with Gasteiger partial charge in [-0.1, -0.05) is 54.2 Å². The van der Waals surface area contributed by atoms with Gasteiger partial charge in [-0.25, -0.2) is 4.79 Å². The van der Waals surface area contributed by atoms with Gasteiger partial charge in [-0.05, 0) is 42.8 Å². The Morgan fingerprint density at radius 1 is 0.885 bits per heavy atom. The van der Waals surface area contributed by atoms with Gasteiger partial charge in [0.25, 0.3) is 0 Å². The molecule has 0 amide bonds. The van der Waals surface area contributed by atoms with Crippen molar-refractivity contribution >= 4 is 27.7 Å². The minimum atomic E-state index is -0.523. The zero-order valence-corrected chi connectivity index (χ0v) is 16.5. The third kappa shape index (κ3) is 6.64. The fourth-order valence-electron chi connectivity index (χ4n) is 2.34. The van der Waals surface area contributed by atoms with Crippen LogP contribution in [-0.2, 0) is 4.74 Å². The molecule has 0 aromatic heterocycles. The number of carbonyl (C=O) groups is 2. The highest BCUT2D eigenvalue weighted by molar-refractivity contribution is 9.10. The Kier molecular flexibility index (Phi) is 8.35. The number of halogens is 1. The molecule has 0 bridgehead atoms. The Morgan fingerprint density at radius 2 is 1.54 bits per heavy atom. The van der Waals surface area contributed by atoms with Crippen molar-refractivity contribution in [2.45, 2.75) is 32.6 Å². The first-order valence-corrected chi connectivity index (χ1v) is 9.58. The highest BCUT2D eigenvalue weighted by atomic mass is 79.9. The van der Waals surface area contributed by atoms with Gasteiger partial charge in [0.15, 0.2) is 12.4 Å². The summed E-state index contributed by atoms with van der Waals surface area (Å²) in [5.74, 6) is -0.0353. The van der Waals surface area contributed by atoms with E-state index in [0.717, 1.165) is 23.1 Å². The van der Waals surface area contributed by atoms with Crippen LogP contribution in [0.15, 0.2) is 53.0 Å². The lowest BCUT2D eigenvalue weighted by Gasteiger charge is -2.07. The maximum Gasteiger partial charge on any atom is 0.338 e. The molecule has 0 aliphatic rings. The molecule has 0 fully saturated rings. The molecule has 0 unspecified atom stereocenters. The summed E-state index contributed by atoms with van der Waals surface area (Å²) in [7, 11) is 0. The van der Waals surface area contributed by atoms with Crippen LogP contribution >= 0.6 is 15.9 Å². The number of Topliss-reactive ketones (excluding diaryl/α,β-unsaturated/α-hetero) is 1. The smallest absolute Gasteiger partial charge is 0.338 e. The fourth-order valence-corrected chi connectivity index (χ4v) is 2.60. The predicted octanol–water partition coefficient (Wildman–Crippen LogP) is 5.45. The standard InChI is InChI=1S/C21H23BrO4/c1-2-3-4-5-14-25-19-12-8-17(9-13-19)21(24)26-15-20(23)16-6-10-18(22)11-7-16/h6-13H,2-5,14-15H2,1H3. The van der Waals surface area contributed by atoms with Gasteiger partial charge in [0, 0.05) is 10.0 Å². The van der Waals surface area contributed by atoms with Crippen molar-refractivity contribution in [2.24, 2.45) is 0 Å². The minimum Gasteiger partial charge on any atom is -0.494 e. The third-order valence-corrected chi connectivity index (χ3v) is 4.39. The molecule has 0 spiro atoms. The molecule has 2 aromatic rings. The quantitative estimate of drug-likeness (QED) is 0.292. The van der Waals surface area contributed by atoms with Crippen molar-refractivity contribution in [2.75, 3.05) is 13.2 Å². The Hall–Kier alpha value is -2.14. The van der Waals surface area contributed by atoms with E-state index in [4.69, 9.17) is 9.47 Å². The molecule has 0 radical (unpaired) electrons. The highest BCUT2D eigenvalue weighted by Crippen LogP contribution is 2.15. The van der Waals surface area contributed by atoms with E-state index in [1.165, 1.54) is 12.8 Å². The van der Waals surface area contributed by atoms with Crippen molar-refractivity contribution in [1.82, 2.24) is 0 Å². The molecular formula is C21H23BrO4. The first kappa shape index (κ1) is 20.2. The average Bonchev–Trinajstić information content (AvgIpc) is 2.66. The van der Waals surface area contributed by atoms with Gasteiger partial charge < -0.3 is 9.47 Å². The molecule has 0 aliphatic heterocycles. The van der Waals surface area contributed by atoms with Crippen LogP contribution in [0.25, 0.3) is 0 Å². The Morgan fingerprint density at radius 3 is 2.19 bits per heavy atom. The van der Waals surface area contributed by atoms with E-state index >= 15 is 0 Å². The summed E-state index contributed by atoms with van der Waals surface area (Å²) in [4.78, 5) is 24.1. The number of hydrogen-bond donors (Lipinski definition) is 0. The van der Waals surface area contributed by atoms with Crippen LogP contribution in [0.4, 0.5) is 0 Å². The van der Waals surface area contributed by atoms with Crippen LogP contribution in [0.1, 0.15) is 53.3 Å². The number of ketones is 1.